The van der Waals surface area contributed by atoms with E-state index < -0.39 is 17.9 Å². The molecule has 7 nitrogen and oxygen atoms in total. The maximum atomic E-state index is 11.8. The highest BCUT2D eigenvalue weighted by molar-refractivity contribution is 5.92. The van der Waals surface area contributed by atoms with E-state index in [1.54, 1.807) is 13.0 Å². The number of methoxy groups -OCH3 is 1. The van der Waals surface area contributed by atoms with Crippen LogP contribution in [-0.4, -0.2) is 38.2 Å². The molecule has 0 amide bonds. The smallest absolute Gasteiger partial charge is 0.341 e. The van der Waals surface area contributed by atoms with E-state index in [4.69, 9.17) is 13.9 Å². The molecule has 0 spiro atoms. The second kappa shape index (κ2) is 9.24. The zero-order chi connectivity index (χ0) is 17.2. The molecular weight excluding hydrogens is 304 g/mol. The lowest BCUT2D eigenvalue weighted by Crippen LogP contribution is -2.10. The van der Waals surface area contributed by atoms with Crippen LogP contribution in [0, 0.1) is 6.92 Å². The summed E-state index contributed by atoms with van der Waals surface area (Å²) in [7, 11) is 1.20. The van der Waals surface area contributed by atoms with Gasteiger partial charge in [0, 0.05) is 18.6 Å². The van der Waals surface area contributed by atoms with Crippen LogP contribution >= 0.6 is 0 Å². The Balaban J connectivity index is 2.27. The zero-order valence-corrected chi connectivity index (χ0v) is 13.0. The van der Waals surface area contributed by atoms with Crippen LogP contribution in [0.3, 0.4) is 0 Å². The van der Waals surface area contributed by atoms with Crippen molar-refractivity contribution in [2.24, 2.45) is 0 Å². The molecular formula is C16H18O7. The number of carbonyl (C=O) groups is 3. The van der Waals surface area contributed by atoms with Gasteiger partial charge >= 0.3 is 17.9 Å². The molecule has 7 heteroatoms. The van der Waals surface area contributed by atoms with Gasteiger partial charge in [-0.25, -0.2) is 14.4 Å². The topological polar surface area (TPSA) is 92.0 Å². The van der Waals surface area contributed by atoms with E-state index in [0.717, 1.165) is 12.2 Å². The first-order valence-corrected chi connectivity index (χ1v) is 6.80. The minimum atomic E-state index is -0.678. The molecule has 0 saturated carbocycles. The molecule has 0 N–H and O–H groups in total. The van der Waals surface area contributed by atoms with Crippen molar-refractivity contribution in [1.29, 1.82) is 0 Å². The van der Waals surface area contributed by atoms with E-state index in [9.17, 15) is 14.4 Å². The highest BCUT2D eigenvalue weighted by Gasteiger charge is 2.15. The summed E-state index contributed by atoms with van der Waals surface area (Å²) in [5, 5.41) is 0. The number of esters is 3. The van der Waals surface area contributed by atoms with E-state index in [1.165, 1.54) is 13.2 Å². The fourth-order valence-electron chi connectivity index (χ4n) is 1.53. The molecule has 0 radical (unpaired) electrons. The number of furan rings is 1. The van der Waals surface area contributed by atoms with Crippen LogP contribution in [-0.2, 0) is 23.8 Å². The van der Waals surface area contributed by atoms with E-state index in [0.29, 0.717) is 23.5 Å². The summed E-state index contributed by atoms with van der Waals surface area (Å²) >= 11 is 0. The molecule has 0 aromatic carbocycles. The Labute approximate surface area is 133 Å². The highest BCUT2D eigenvalue weighted by atomic mass is 16.5. The lowest BCUT2D eigenvalue weighted by molar-refractivity contribution is -0.139. The second-order valence-electron chi connectivity index (χ2n) is 4.34. The maximum Gasteiger partial charge on any atom is 0.341 e. The maximum absolute atomic E-state index is 11.8. The number of hydrogen-bond donors (Lipinski definition) is 0. The van der Waals surface area contributed by atoms with Gasteiger partial charge in [-0.15, -0.1) is 0 Å². The lowest BCUT2D eigenvalue weighted by atomic mass is 10.2. The summed E-state index contributed by atoms with van der Waals surface area (Å²) in [5.74, 6) is -0.908. The molecule has 0 aliphatic carbocycles. The van der Waals surface area contributed by atoms with Crippen LogP contribution in [0.2, 0.25) is 0 Å². The Hall–Kier alpha value is -2.83. The quantitative estimate of drug-likeness (QED) is 0.313. The average molecular weight is 322 g/mol. The molecule has 1 aromatic rings. The molecule has 23 heavy (non-hydrogen) atoms. The van der Waals surface area contributed by atoms with Gasteiger partial charge in [0.25, 0.3) is 0 Å². The molecule has 0 atom stereocenters. The first-order valence-electron chi connectivity index (χ1n) is 6.80. The van der Waals surface area contributed by atoms with Crippen molar-refractivity contribution in [2.75, 3.05) is 20.3 Å². The molecule has 1 rings (SSSR count). The predicted octanol–water partition coefficient (Wildman–Crippen LogP) is 2.05. The summed E-state index contributed by atoms with van der Waals surface area (Å²) in [6.45, 7) is 5.34. The molecule has 0 saturated heterocycles. The van der Waals surface area contributed by atoms with Crippen molar-refractivity contribution in [3.63, 3.8) is 0 Å². The molecule has 1 aromatic heterocycles. The molecule has 0 bridgehead atoms. The monoisotopic (exact) mass is 322 g/mol. The van der Waals surface area contributed by atoms with E-state index in [-0.39, 0.29) is 13.2 Å². The van der Waals surface area contributed by atoms with Gasteiger partial charge in [-0.05, 0) is 19.1 Å². The summed E-state index contributed by atoms with van der Waals surface area (Å²) in [6.07, 6.45) is 3.74. The molecule has 0 aliphatic heterocycles. The first-order chi connectivity index (χ1) is 11.0. The molecule has 0 unspecified atom stereocenters. The van der Waals surface area contributed by atoms with Gasteiger partial charge in [-0.3, -0.25) is 0 Å². The summed E-state index contributed by atoms with van der Waals surface area (Å²) in [5.41, 5.74) is 0.331. The Morgan fingerprint density at radius 3 is 2.43 bits per heavy atom. The third-order valence-corrected chi connectivity index (χ3v) is 2.68. The van der Waals surface area contributed by atoms with Crippen LogP contribution < -0.4 is 0 Å². The largest absolute Gasteiger partial charge is 0.466 e. The van der Waals surface area contributed by atoms with E-state index in [1.807, 2.05) is 0 Å². The van der Waals surface area contributed by atoms with Crippen LogP contribution in [0.5, 0.6) is 0 Å². The van der Waals surface area contributed by atoms with Crippen LogP contribution in [0.1, 0.15) is 28.3 Å². The number of carbonyl (C=O) groups excluding carboxylic acids is 3. The summed E-state index contributed by atoms with van der Waals surface area (Å²) in [4.78, 5) is 33.8. The Bertz CT molecular complexity index is 610. The highest BCUT2D eigenvalue weighted by Crippen LogP contribution is 2.16. The molecule has 0 aliphatic rings. The minimum absolute atomic E-state index is 0.0555. The van der Waals surface area contributed by atoms with Crippen molar-refractivity contribution in [3.05, 3.63) is 41.9 Å². The Kier molecular flexibility index (Phi) is 7.32. The van der Waals surface area contributed by atoms with Gasteiger partial charge < -0.3 is 18.6 Å². The van der Waals surface area contributed by atoms with E-state index in [2.05, 4.69) is 11.3 Å². The number of ether oxygens (including phenoxy) is 3. The second-order valence-corrected chi connectivity index (χ2v) is 4.34. The fourth-order valence-corrected chi connectivity index (χ4v) is 1.53. The molecule has 1 heterocycles. The van der Waals surface area contributed by atoms with Gasteiger partial charge in [0.15, 0.2) is 0 Å². The third kappa shape index (κ3) is 6.21. The van der Waals surface area contributed by atoms with Crippen LogP contribution in [0.4, 0.5) is 0 Å². The van der Waals surface area contributed by atoms with Crippen molar-refractivity contribution in [3.8, 4) is 0 Å². The predicted molar refractivity (Wildman–Crippen MR) is 80.6 cm³/mol. The van der Waals surface area contributed by atoms with Gasteiger partial charge in [0.1, 0.15) is 17.1 Å². The number of hydrogen-bond acceptors (Lipinski definition) is 7. The van der Waals surface area contributed by atoms with Crippen molar-refractivity contribution in [2.45, 2.75) is 13.3 Å². The standard InChI is InChI=1S/C16H18O7/c1-4-12-10-13(11(2)23-12)16(19)22-9-5-8-21-15(18)7-6-14(17)20-3/h4,6-7,10H,1,5,8-9H2,2-3H3/b7-6-. The number of aryl methyl sites for hydroxylation is 1. The third-order valence-electron chi connectivity index (χ3n) is 2.68. The molecule has 0 fully saturated rings. The normalized spacial score (nSPS) is 10.3. The van der Waals surface area contributed by atoms with Gasteiger partial charge in [0.2, 0.25) is 0 Å². The fraction of sp³-hybridized carbons (Fsp3) is 0.312. The lowest BCUT2D eigenvalue weighted by Gasteiger charge is -2.04. The number of rotatable bonds is 8. The minimum Gasteiger partial charge on any atom is -0.466 e. The van der Waals surface area contributed by atoms with Crippen molar-refractivity contribution < 1.29 is 33.0 Å². The van der Waals surface area contributed by atoms with Crippen molar-refractivity contribution >= 4 is 24.0 Å². The molecule has 124 valence electrons. The van der Waals surface area contributed by atoms with E-state index >= 15 is 0 Å². The van der Waals surface area contributed by atoms with Gasteiger partial charge in [-0.1, -0.05) is 6.58 Å². The summed E-state index contributed by atoms with van der Waals surface area (Å²) in [6, 6.07) is 1.54. The zero-order valence-electron chi connectivity index (χ0n) is 13.0. The average Bonchev–Trinajstić information content (AvgIpc) is 2.93. The first kappa shape index (κ1) is 18.2. The van der Waals surface area contributed by atoms with Crippen LogP contribution in [0.15, 0.2) is 29.2 Å². The van der Waals surface area contributed by atoms with Gasteiger partial charge in [0.05, 0.1) is 20.3 Å². The Morgan fingerprint density at radius 1 is 1.17 bits per heavy atom. The SMILES string of the molecule is C=Cc1cc(C(=O)OCCCOC(=O)/C=C\C(=O)OC)c(C)o1. The summed E-state index contributed by atoms with van der Waals surface area (Å²) < 4.78 is 19.5. The van der Waals surface area contributed by atoms with Crippen molar-refractivity contribution in [1.82, 2.24) is 0 Å². The Morgan fingerprint density at radius 2 is 1.83 bits per heavy atom. The van der Waals surface area contributed by atoms with Crippen LogP contribution in [0.25, 0.3) is 6.08 Å². The van der Waals surface area contributed by atoms with Gasteiger partial charge in [-0.2, -0.15) is 0 Å².